The molecule has 3 aromatic rings. The average Bonchev–Trinajstić information content (AvgIpc) is 3.17. The van der Waals surface area contributed by atoms with Crippen LogP contribution in [0.2, 0.25) is 0 Å². The maximum atomic E-state index is 13.5. The lowest BCUT2D eigenvalue weighted by molar-refractivity contribution is 0.171. The first-order valence-electron chi connectivity index (χ1n) is 9.40. The van der Waals surface area contributed by atoms with Gasteiger partial charge in [-0.25, -0.2) is 13.4 Å². The predicted octanol–water partition coefficient (Wildman–Crippen LogP) is 3.98. The number of fused-ring (bicyclic) bond motifs is 2. The zero-order valence-electron chi connectivity index (χ0n) is 15.2. The van der Waals surface area contributed by atoms with E-state index in [1.54, 1.807) is 33.8 Å². The molecule has 6 nitrogen and oxygen atoms in total. The molecule has 1 saturated heterocycles. The molecular weight excluding hydrogens is 396 g/mol. The second-order valence-electron chi connectivity index (χ2n) is 6.95. The first kappa shape index (κ1) is 17.9. The molecule has 146 valence electrons. The van der Waals surface area contributed by atoms with Crippen molar-refractivity contribution in [3.63, 3.8) is 0 Å². The van der Waals surface area contributed by atoms with Crippen LogP contribution >= 0.6 is 11.3 Å². The molecule has 2 aliphatic heterocycles. The number of para-hydroxylation sites is 1. The van der Waals surface area contributed by atoms with E-state index in [-0.39, 0.29) is 10.9 Å². The van der Waals surface area contributed by atoms with Crippen LogP contribution in [0.15, 0.2) is 47.4 Å². The van der Waals surface area contributed by atoms with Crippen molar-refractivity contribution < 1.29 is 17.9 Å². The van der Waals surface area contributed by atoms with Crippen molar-refractivity contribution in [1.82, 2.24) is 9.29 Å². The standard InChI is InChI=1S/C20H20N2O4S2/c23-28(24,14-8-9-17-18(13-14)26-12-11-25-17)22-10-4-3-6-16(22)20-21-15-5-1-2-7-19(15)27-20/h1-2,5,7-9,13,16H,3-4,6,10-12H2/t16-/m0/s1. The highest BCUT2D eigenvalue weighted by atomic mass is 32.2. The van der Waals surface area contributed by atoms with E-state index in [1.807, 2.05) is 24.3 Å². The fraction of sp³-hybridized carbons (Fsp3) is 0.350. The molecule has 8 heteroatoms. The summed E-state index contributed by atoms with van der Waals surface area (Å²) in [6, 6.07) is 12.6. The summed E-state index contributed by atoms with van der Waals surface area (Å²) in [5, 5.41) is 0.863. The summed E-state index contributed by atoms with van der Waals surface area (Å²) in [5.74, 6) is 1.08. The number of nitrogens with zero attached hydrogens (tertiary/aromatic N) is 2. The van der Waals surface area contributed by atoms with Crippen molar-refractivity contribution in [2.75, 3.05) is 19.8 Å². The third-order valence-electron chi connectivity index (χ3n) is 5.17. The Hall–Kier alpha value is -2.16. The Bertz CT molecular complexity index is 1090. The van der Waals surface area contributed by atoms with Crippen molar-refractivity contribution in [3.05, 3.63) is 47.5 Å². The van der Waals surface area contributed by atoms with Gasteiger partial charge in [0, 0.05) is 12.6 Å². The minimum atomic E-state index is -3.67. The fourth-order valence-corrected chi connectivity index (χ4v) is 6.65. The molecule has 28 heavy (non-hydrogen) atoms. The molecule has 0 aliphatic carbocycles. The Balaban J connectivity index is 1.53. The number of aromatic nitrogens is 1. The van der Waals surface area contributed by atoms with E-state index in [0.29, 0.717) is 31.3 Å². The minimum absolute atomic E-state index is 0.232. The van der Waals surface area contributed by atoms with E-state index in [9.17, 15) is 8.42 Å². The zero-order chi connectivity index (χ0) is 19.1. The van der Waals surface area contributed by atoms with Gasteiger partial charge in [-0.15, -0.1) is 11.3 Å². The van der Waals surface area contributed by atoms with Gasteiger partial charge in [0.1, 0.15) is 18.2 Å². The van der Waals surface area contributed by atoms with Gasteiger partial charge < -0.3 is 9.47 Å². The lowest BCUT2D eigenvalue weighted by Gasteiger charge is -2.33. The van der Waals surface area contributed by atoms with Gasteiger partial charge in [0.05, 0.1) is 21.2 Å². The Morgan fingerprint density at radius 3 is 2.71 bits per heavy atom. The predicted molar refractivity (Wildman–Crippen MR) is 108 cm³/mol. The summed E-state index contributed by atoms with van der Waals surface area (Å²) in [7, 11) is -3.67. The summed E-state index contributed by atoms with van der Waals surface area (Å²) < 4.78 is 40.7. The van der Waals surface area contributed by atoms with Gasteiger partial charge in [-0.05, 0) is 37.1 Å². The van der Waals surface area contributed by atoms with Gasteiger partial charge in [-0.3, -0.25) is 0 Å². The van der Waals surface area contributed by atoms with Crippen LogP contribution in [0.3, 0.4) is 0 Å². The molecule has 0 bridgehead atoms. The highest BCUT2D eigenvalue weighted by Gasteiger charge is 2.36. The minimum Gasteiger partial charge on any atom is -0.486 e. The number of hydrogen-bond acceptors (Lipinski definition) is 6. The van der Waals surface area contributed by atoms with Gasteiger partial charge in [0.2, 0.25) is 10.0 Å². The quantitative estimate of drug-likeness (QED) is 0.646. The van der Waals surface area contributed by atoms with Crippen molar-refractivity contribution >= 4 is 31.6 Å². The lowest BCUT2D eigenvalue weighted by atomic mass is 10.1. The van der Waals surface area contributed by atoms with Crippen molar-refractivity contribution in [2.45, 2.75) is 30.2 Å². The van der Waals surface area contributed by atoms with E-state index in [0.717, 1.165) is 34.5 Å². The van der Waals surface area contributed by atoms with Crippen LogP contribution < -0.4 is 9.47 Å². The highest BCUT2D eigenvalue weighted by Crippen LogP contribution is 2.40. The lowest BCUT2D eigenvalue weighted by Crippen LogP contribution is -2.38. The molecule has 1 fully saturated rings. The van der Waals surface area contributed by atoms with Crippen LogP contribution in [-0.4, -0.2) is 37.5 Å². The number of thiazole rings is 1. The molecule has 0 amide bonds. The SMILES string of the molecule is O=S(=O)(c1ccc2c(c1)OCCO2)N1CCCC[C@H]1c1nc2ccccc2s1. The smallest absolute Gasteiger partial charge is 0.243 e. The van der Waals surface area contributed by atoms with Gasteiger partial charge in [0.25, 0.3) is 0 Å². The zero-order valence-corrected chi connectivity index (χ0v) is 16.8. The van der Waals surface area contributed by atoms with Crippen LogP contribution in [0, 0.1) is 0 Å². The molecule has 5 rings (SSSR count). The largest absolute Gasteiger partial charge is 0.486 e. The number of benzene rings is 2. The maximum Gasteiger partial charge on any atom is 0.243 e. The van der Waals surface area contributed by atoms with Gasteiger partial charge in [-0.1, -0.05) is 18.6 Å². The van der Waals surface area contributed by atoms with Gasteiger partial charge >= 0.3 is 0 Å². The average molecular weight is 417 g/mol. The van der Waals surface area contributed by atoms with Crippen LogP contribution in [0.4, 0.5) is 0 Å². The number of piperidine rings is 1. The molecule has 1 atom stereocenters. The molecule has 2 aliphatic rings. The molecule has 2 aromatic carbocycles. The molecule has 0 spiro atoms. The first-order chi connectivity index (χ1) is 13.6. The van der Waals surface area contributed by atoms with E-state index < -0.39 is 10.0 Å². The van der Waals surface area contributed by atoms with Gasteiger partial charge in [0.15, 0.2) is 11.5 Å². The number of sulfonamides is 1. The Labute approximate surface area is 167 Å². The Kier molecular flexibility index (Phi) is 4.49. The van der Waals surface area contributed by atoms with E-state index >= 15 is 0 Å². The second kappa shape index (κ2) is 7.02. The summed E-state index contributed by atoms with van der Waals surface area (Å²) in [4.78, 5) is 4.97. The summed E-state index contributed by atoms with van der Waals surface area (Å²) in [6.45, 7) is 1.40. The van der Waals surface area contributed by atoms with E-state index in [2.05, 4.69) is 0 Å². The van der Waals surface area contributed by atoms with Crippen LogP contribution in [0.5, 0.6) is 11.5 Å². The number of rotatable bonds is 3. The number of hydrogen-bond donors (Lipinski definition) is 0. The third-order valence-corrected chi connectivity index (χ3v) is 8.21. The Morgan fingerprint density at radius 2 is 1.86 bits per heavy atom. The van der Waals surface area contributed by atoms with Crippen molar-refractivity contribution in [2.24, 2.45) is 0 Å². The van der Waals surface area contributed by atoms with Crippen LogP contribution in [0.25, 0.3) is 10.2 Å². The number of ether oxygens (including phenoxy) is 2. The van der Waals surface area contributed by atoms with Crippen molar-refractivity contribution in [1.29, 1.82) is 0 Å². The van der Waals surface area contributed by atoms with E-state index in [4.69, 9.17) is 14.5 Å². The van der Waals surface area contributed by atoms with Gasteiger partial charge in [-0.2, -0.15) is 4.31 Å². The maximum absolute atomic E-state index is 13.5. The Morgan fingerprint density at radius 1 is 1.04 bits per heavy atom. The van der Waals surface area contributed by atoms with E-state index in [1.165, 1.54) is 0 Å². The molecule has 3 heterocycles. The highest BCUT2D eigenvalue weighted by molar-refractivity contribution is 7.89. The molecule has 0 radical (unpaired) electrons. The molecular formula is C20H20N2O4S2. The summed E-state index contributed by atoms with van der Waals surface area (Å²) >= 11 is 1.58. The second-order valence-corrected chi connectivity index (χ2v) is 9.91. The molecule has 0 unspecified atom stereocenters. The normalized spacial score (nSPS) is 20.4. The van der Waals surface area contributed by atoms with Crippen LogP contribution in [-0.2, 0) is 10.0 Å². The fourth-order valence-electron chi connectivity index (χ4n) is 3.79. The monoisotopic (exact) mass is 416 g/mol. The summed E-state index contributed by atoms with van der Waals surface area (Å²) in [6.07, 6.45) is 2.63. The van der Waals surface area contributed by atoms with Crippen molar-refractivity contribution in [3.8, 4) is 11.5 Å². The molecule has 0 saturated carbocycles. The first-order valence-corrected chi connectivity index (χ1v) is 11.7. The third kappa shape index (κ3) is 3.05. The molecule has 0 N–H and O–H groups in total. The van der Waals surface area contributed by atoms with Crippen LogP contribution in [0.1, 0.15) is 30.3 Å². The summed E-state index contributed by atoms with van der Waals surface area (Å²) in [5.41, 5.74) is 0.921. The molecule has 1 aromatic heterocycles. The topological polar surface area (TPSA) is 68.7 Å².